The molecule has 6 nitrogen and oxygen atoms in total. The molecule has 0 atom stereocenters. The molecule has 0 saturated heterocycles. The van der Waals surface area contributed by atoms with Crippen molar-refractivity contribution in [2.75, 3.05) is 17.7 Å². The Hall–Kier alpha value is -2.83. The molecule has 1 heterocycles. The number of Topliss-reactive ketones (excluding diaryl/α,β-unsaturated/α-hetero) is 1. The molecule has 4 rings (SSSR count). The lowest BCUT2D eigenvalue weighted by Crippen LogP contribution is -2.17. The highest BCUT2D eigenvalue weighted by atomic mass is 35.5. The Balaban J connectivity index is 1.74. The fourth-order valence-electron chi connectivity index (χ4n) is 3.26. The molecule has 1 aromatic heterocycles. The largest absolute Gasteiger partial charge is 0.497 e. The van der Waals surface area contributed by atoms with E-state index in [1.165, 1.54) is 0 Å². The molecular weight excluding hydrogens is 411 g/mol. The van der Waals surface area contributed by atoms with Gasteiger partial charge in [-0.3, -0.25) is 4.79 Å². The van der Waals surface area contributed by atoms with Gasteiger partial charge in [-0.15, -0.1) is 0 Å². The SMILES string of the molecule is COc1cccc(Nc2nc3c(c(Nc4cc(Cl)cc(Cl)c4)n2)C(=O)CCC3)c1. The lowest BCUT2D eigenvalue weighted by molar-refractivity contribution is 0.0972. The van der Waals surface area contributed by atoms with Crippen LogP contribution < -0.4 is 15.4 Å². The molecule has 0 bridgehead atoms. The van der Waals surface area contributed by atoms with Crippen LogP contribution in [0.4, 0.5) is 23.1 Å². The van der Waals surface area contributed by atoms with E-state index in [2.05, 4.69) is 20.6 Å². The van der Waals surface area contributed by atoms with Crippen molar-refractivity contribution in [1.82, 2.24) is 9.97 Å². The summed E-state index contributed by atoms with van der Waals surface area (Å²) >= 11 is 12.2. The average molecular weight is 429 g/mol. The number of nitrogens with one attached hydrogen (secondary N) is 2. The van der Waals surface area contributed by atoms with Gasteiger partial charge in [0.2, 0.25) is 5.95 Å². The molecule has 2 N–H and O–H groups in total. The number of halogens is 2. The van der Waals surface area contributed by atoms with E-state index in [-0.39, 0.29) is 5.78 Å². The van der Waals surface area contributed by atoms with Gasteiger partial charge in [0, 0.05) is 33.9 Å². The molecule has 0 aliphatic heterocycles. The number of aryl methyl sites for hydroxylation is 1. The molecule has 2 aromatic carbocycles. The van der Waals surface area contributed by atoms with Crippen molar-refractivity contribution in [1.29, 1.82) is 0 Å². The first-order valence-electron chi connectivity index (χ1n) is 9.10. The topological polar surface area (TPSA) is 76.1 Å². The van der Waals surface area contributed by atoms with E-state index in [4.69, 9.17) is 27.9 Å². The second-order valence-corrected chi connectivity index (χ2v) is 7.51. The highest BCUT2D eigenvalue weighted by Crippen LogP contribution is 2.32. The predicted molar refractivity (Wildman–Crippen MR) is 115 cm³/mol. The number of ether oxygens (including phenoxy) is 1. The number of rotatable bonds is 5. The molecule has 148 valence electrons. The van der Waals surface area contributed by atoms with Crippen molar-refractivity contribution in [2.45, 2.75) is 19.3 Å². The number of nitrogens with zero attached hydrogens (tertiary/aromatic N) is 2. The van der Waals surface area contributed by atoms with Gasteiger partial charge in [-0.25, -0.2) is 4.98 Å². The van der Waals surface area contributed by atoms with Crippen molar-refractivity contribution < 1.29 is 9.53 Å². The van der Waals surface area contributed by atoms with E-state index >= 15 is 0 Å². The Bertz CT molecular complexity index is 1070. The first-order chi connectivity index (χ1) is 14.0. The average Bonchev–Trinajstić information content (AvgIpc) is 2.67. The summed E-state index contributed by atoms with van der Waals surface area (Å²) in [7, 11) is 1.61. The van der Waals surface area contributed by atoms with Crippen LogP contribution >= 0.6 is 23.2 Å². The van der Waals surface area contributed by atoms with Crippen LogP contribution in [-0.2, 0) is 6.42 Å². The molecular formula is C21H18Cl2N4O2. The van der Waals surface area contributed by atoms with Crippen molar-refractivity contribution in [3.63, 3.8) is 0 Å². The number of hydrogen-bond acceptors (Lipinski definition) is 6. The molecule has 0 unspecified atom stereocenters. The van der Waals surface area contributed by atoms with Gasteiger partial charge in [0.25, 0.3) is 0 Å². The number of anilines is 4. The third kappa shape index (κ3) is 4.44. The van der Waals surface area contributed by atoms with E-state index in [1.54, 1.807) is 25.3 Å². The lowest BCUT2D eigenvalue weighted by Gasteiger charge is -2.19. The summed E-state index contributed by atoms with van der Waals surface area (Å²) in [5.74, 6) is 1.57. The molecule has 0 amide bonds. The second-order valence-electron chi connectivity index (χ2n) is 6.63. The minimum atomic E-state index is 0.0230. The zero-order valence-corrected chi connectivity index (χ0v) is 17.1. The Morgan fingerprint density at radius 1 is 0.966 bits per heavy atom. The number of carbonyl (C=O) groups excluding carboxylic acids is 1. The number of fused-ring (bicyclic) bond motifs is 1. The number of methoxy groups -OCH3 is 1. The molecule has 0 fully saturated rings. The van der Waals surface area contributed by atoms with Crippen LogP contribution in [0, 0.1) is 0 Å². The molecule has 1 aliphatic rings. The number of ketones is 1. The van der Waals surface area contributed by atoms with Crippen LogP contribution in [0.25, 0.3) is 0 Å². The van der Waals surface area contributed by atoms with Crippen LogP contribution in [-0.4, -0.2) is 22.9 Å². The van der Waals surface area contributed by atoms with Gasteiger partial charge in [0.15, 0.2) is 5.78 Å². The zero-order valence-electron chi connectivity index (χ0n) is 15.6. The number of benzene rings is 2. The maximum atomic E-state index is 12.6. The van der Waals surface area contributed by atoms with Crippen LogP contribution in [0.5, 0.6) is 5.75 Å². The summed E-state index contributed by atoms with van der Waals surface area (Å²) in [6.07, 6.45) is 1.95. The number of hydrogen-bond donors (Lipinski definition) is 2. The summed E-state index contributed by atoms with van der Waals surface area (Å²) in [5, 5.41) is 7.35. The summed E-state index contributed by atoms with van der Waals surface area (Å²) in [6, 6.07) is 12.6. The van der Waals surface area contributed by atoms with E-state index < -0.39 is 0 Å². The van der Waals surface area contributed by atoms with Crippen LogP contribution in [0.3, 0.4) is 0 Å². The Morgan fingerprint density at radius 2 is 1.76 bits per heavy atom. The molecule has 8 heteroatoms. The third-order valence-electron chi connectivity index (χ3n) is 4.53. The molecule has 29 heavy (non-hydrogen) atoms. The zero-order chi connectivity index (χ0) is 20.4. The van der Waals surface area contributed by atoms with E-state index in [0.717, 1.165) is 23.6 Å². The summed E-state index contributed by atoms with van der Waals surface area (Å²) < 4.78 is 5.26. The Labute approximate surface area is 178 Å². The van der Waals surface area contributed by atoms with Gasteiger partial charge in [0.05, 0.1) is 18.4 Å². The minimum absolute atomic E-state index is 0.0230. The fourth-order valence-corrected chi connectivity index (χ4v) is 3.79. The van der Waals surface area contributed by atoms with Gasteiger partial charge in [-0.1, -0.05) is 29.3 Å². The van der Waals surface area contributed by atoms with Crippen molar-refractivity contribution in [3.05, 3.63) is 63.8 Å². The highest BCUT2D eigenvalue weighted by molar-refractivity contribution is 6.35. The highest BCUT2D eigenvalue weighted by Gasteiger charge is 2.25. The standard InChI is InChI=1S/C21H18Cl2N4O2/c1-29-16-5-2-4-14(11-16)25-21-26-17-6-3-7-18(28)19(17)20(27-21)24-15-9-12(22)8-13(23)10-15/h2,4-5,8-11H,3,6-7H2,1H3,(H2,24,25,26,27). The Kier molecular flexibility index (Phi) is 5.56. The maximum absolute atomic E-state index is 12.6. The van der Waals surface area contributed by atoms with Crippen molar-refractivity contribution >= 4 is 52.1 Å². The van der Waals surface area contributed by atoms with Crippen LogP contribution in [0.2, 0.25) is 10.0 Å². The van der Waals surface area contributed by atoms with Crippen molar-refractivity contribution in [2.24, 2.45) is 0 Å². The van der Waals surface area contributed by atoms with Gasteiger partial charge >= 0.3 is 0 Å². The van der Waals surface area contributed by atoms with Crippen LogP contribution in [0.1, 0.15) is 28.9 Å². The normalized spacial score (nSPS) is 13.0. The number of aromatic nitrogens is 2. The summed E-state index contributed by atoms with van der Waals surface area (Å²) in [6.45, 7) is 0. The number of carbonyl (C=O) groups is 1. The third-order valence-corrected chi connectivity index (χ3v) is 4.97. The van der Waals surface area contributed by atoms with E-state index in [9.17, 15) is 4.79 Å². The smallest absolute Gasteiger partial charge is 0.229 e. The van der Waals surface area contributed by atoms with Gasteiger partial charge < -0.3 is 15.4 Å². The Morgan fingerprint density at radius 3 is 2.52 bits per heavy atom. The van der Waals surface area contributed by atoms with E-state index in [1.807, 2.05) is 24.3 Å². The maximum Gasteiger partial charge on any atom is 0.229 e. The molecule has 0 spiro atoms. The molecule has 0 radical (unpaired) electrons. The molecule has 0 saturated carbocycles. The minimum Gasteiger partial charge on any atom is -0.497 e. The fraction of sp³-hybridized carbons (Fsp3) is 0.190. The van der Waals surface area contributed by atoms with Gasteiger partial charge in [-0.2, -0.15) is 4.98 Å². The molecule has 1 aliphatic carbocycles. The second kappa shape index (κ2) is 8.27. The lowest BCUT2D eigenvalue weighted by atomic mass is 9.95. The van der Waals surface area contributed by atoms with Gasteiger partial charge in [0.1, 0.15) is 11.6 Å². The summed E-state index contributed by atoms with van der Waals surface area (Å²) in [4.78, 5) is 21.7. The first-order valence-corrected chi connectivity index (χ1v) is 9.86. The first kappa shape index (κ1) is 19.5. The van der Waals surface area contributed by atoms with E-state index in [0.29, 0.717) is 45.9 Å². The van der Waals surface area contributed by atoms with Gasteiger partial charge in [-0.05, 0) is 43.2 Å². The predicted octanol–water partition coefficient (Wildman–Crippen LogP) is 5.80. The van der Waals surface area contributed by atoms with Crippen molar-refractivity contribution in [3.8, 4) is 5.75 Å². The summed E-state index contributed by atoms with van der Waals surface area (Å²) in [5.41, 5.74) is 2.66. The van der Waals surface area contributed by atoms with Crippen LogP contribution in [0.15, 0.2) is 42.5 Å². The monoisotopic (exact) mass is 428 g/mol. The molecule has 3 aromatic rings. The quantitative estimate of drug-likeness (QED) is 0.534.